The Kier molecular flexibility index (Phi) is 7.86. The summed E-state index contributed by atoms with van der Waals surface area (Å²) in [4.78, 5) is 4.86. The molecule has 0 aliphatic carbocycles. The Morgan fingerprint density at radius 2 is 1.40 bits per heavy atom. The molecule has 7 aromatic rings. The number of hydrogen-bond donors (Lipinski definition) is 0. The van der Waals surface area contributed by atoms with Gasteiger partial charge in [0.25, 0.3) is 0 Å². The molecule has 45 heavy (non-hydrogen) atoms. The molecule has 0 bridgehead atoms. The van der Waals surface area contributed by atoms with Crippen molar-refractivity contribution in [2.75, 3.05) is 0 Å². The Morgan fingerprint density at radius 3 is 2.13 bits per heavy atom. The molecule has 0 N–H and O–H groups in total. The minimum absolute atomic E-state index is 0. The molecule has 0 aliphatic heterocycles. The van der Waals surface area contributed by atoms with Crippen LogP contribution in [0.15, 0.2) is 104 Å². The summed E-state index contributed by atoms with van der Waals surface area (Å²) in [5.74, 6) is 0.918. The molecule has 0 unspecified atom stereocenters. The Balaban J connectivity index is 0.00000357. The molecule has 3 heterocycles. The summed E-state index contributed by atoms with van der Waals surface area (Å²) in [5.41, 5.74) is 8.78. The van der Waals surface area contributed by atoms with Gasteiger partial charge in [-0.1, -0.05) is 58.3 Å². The Labute approximate surface area is 280 Å². The molecular weight excluding hydrogens is 732 g/mol. The monoisotopic (exact) mass is 770 g/mol. The smallest absolute Gasteiger partial charge is 0.188 e. The first-order valence-corrected chi connectivity index (χ1v) is 15.5. The Bertz CT molecular complexity index is 2170. The van der Waals surface area contributed by atoms with E-state index in [0.717, 1.165) is 33.7 Å². The third-order valence-corrected chi connectivity index (χ3v) is 9.03. The van der Waals surface area contributed by atoms with E-state index >= 15 is 0 Å². The van der Waals surface area contributed by atoms with E-state index in [0.29, 0.717) is 6.04 Å². The van der Waals surface area contributed by atoms with Crippen LogP contribution in [0.5, 0.6) is 0 Å². The molecule has 0 saturated carbocycles. The topological polar surface area (TPSA) is 27.7 Å². The minimum atomic E-state index is -0.344. The van der Waals surface area contributed by atoms with Crippen LogP contribution in [0, 0.1) is 12.1 Å². The van der Waals surface area contributed by atoms with Crippen LogP contribution in [0.25, 0.3) is 44.3 Å². The Morgan fingerprint density at radius 1 is 0.711 bits per heavy atom. The molecule has 0 amide bonds. The molecule has 0 spiro atoms. The fourth-order valence-corrected chi connectivity index (χ4v) is 6.35. The zero-order valence-corrected chi connectivity index (χ0v) is 29.3. The molecule has 0 radical (unpaired) electrons. The second-order valence-corrected chi connectivity index (χ2v) is 13.7. The molecule has 0 fully saturated rings. The van der Waals surface area contributed by atoms with Crippen molar-refractivity contribution >= 4 is 32.8 Å². The van der Waals surface area contributed by atoms with Gasteiger partial charge in [-0.15, -0.1) is 23.1 Å². The van der Waals surface area contributed by atoms with Gasteiger partial charge in [-0.3, -0.25) is 0 Å². The predicted molar refractivity (Wildman–Crippen MR) is 183 cm³/mol. The summed E-state index contributed by atoms with van der Waals surface area (Å²) in [6.07, 6.45) is 4.13. The predicted octanol–water partition coefficient (Wildman–Crippen LogP) is 10.0. The fourth-order valence-electron chi connectivity index (χ4n) is 6.35. The second kappa shape index (κ2) is 11.4. The van der Waals surface area contributed by atoms with E-state index in [1.807, 2.05) is 6.20 Å². The standard InChI is InChI=1S/C40H39N4.Pt/c1-27(2)42-26-43(36-18-11-10-17-35(36)42)31-14-12-13-29(23-31)40(6,7)30-19-20-33-32-15-8-9-16-34(32)44(37(33)24-30)38-25-28(21-22-41-38)39(3,4)5;/h8-22,25-27H,1-7H3;/q-1;. The maximum Gasteiger partial charge on any atom is 0.188 e. The van der Waals surface area contributed by atoms with Crippen molar-refractivity contribution in [3.8, 4) is 11.5 Å². The van der Waals surface area contributed by atoms with Crippen LogP contribution >= 0.6 is 0 Å². The second-order valence-electron chi connectivity index (χ2n) is 13.7. The average molecular weight is 771 g/mol. The number of nitrogens with zero attached hydrogens (tertiary/aromatic N) is 4. The van der Waals surface area contributed by atoms with Crippen molar-refractivity contribution in [2.45, 2.75) is 65.3 Å². The maximum absolute atomic E-state index is 4.86. The molecule has 5 heteroatoms. The number of aromatic nitrogens is 4. The largest absolute Gasteiger partial charge is 0.319 e. The maximum atomic E-state index is 4.86. The van der Waals surface area contributed by atoms with E-state index in [1.54, 1.807) is 0 Å². The normalized spacial score (nSPS) is 12.4. The third kappa shape index (κ3) is 5.24. The van der Waals surface area contributed by atoms with E-state index in [2.05, 4.69) is 172 Å². The van der Waals surface area contributed by atoms with E-state index in [1.165, 1.54) is 27.4 Å². The molecule has 4 aromatic carbocycles. The third-order valence-electron chi connectivity index (χ3n) is 9.03. The van der Waals surface area contributed by atoms with Crippen LogP contribution in [0.1, 0.15) is 71.2 Å². The summed E-state index contributed by atoms with van der Waals surface area (Å²) in [5, 5.41) is 2.38. The number of fused-ring (bicyclic) bond motifs is 4. The minimum Gasteiger partial charge on any atom is -0.319 e. The van der Waals surface area contributed by atoms with Crippen LogP contribution in [0.4, 0.5) is 0 Å². The van der Waals surface area contributed by atoms with Crippen LogP contribution < -0.4 is 0 Å². The first-order valence-electron chi connectivity index (χ1n) is 15.5. The molecule has 0 saturated heterocycles. The molecule has 0 atom stereocenters. The van der Waals surface area contributed by atoms with Gasteiger partial charge in [0.1, 0.15) is 5.82 Å². The van der Waals surface area contributed by atoms with E-state index in [9.17, 15) is 0 Å². The van der Waals surface area contributed by atoms with Crippen molar-refractivity contribution in [3.05, 3.63) is 132 Å². The summed E-state index contributed by atoms with van der Waals surface area (Å²) in [7, 11) is 0. The average Bonchev–Trinajstić information content (AvgIpc) is 3.57. The number of benzene rings is 4. The molecule has 7 rings (SSSR count). The molecule has 4 nitrogen and oxygen atoms in total. The van der Waals surface area contributed by atoms with Crippen molar-refractivity contribution in [2.24, 2.45) is 0 Å². The number of para-hydroxylation sites is 3. The van der Waals surface area contributed by atoms with Crippen LogP contribution in [0.2, 0.25) is 0 Å². The number of hydrogen-bond acceptors (Lipinski definition) is 1. The van der Waals surface area contributed by atoms with Crippen LogP contribution in [0.3, 0.4) is 0 Å². The summed E-state index contributed by atoms with van der Waals surface area (Å²) < 4.78 is 6.86. The van der Waals surface area contributed by atoms with Gasteiger partial charge in [-0.2, -0.15) is 35.9 Å². The van der Waals surface area contributed by atoms with Gasteiger partial charge in [0.15, 0.2) is 17.4 Å². The van der Waals surface area contributed by atoms with Gasteiger partial charge in [0.2, 0.25) is 0 Å². The molecule has 3 aromatic heterocycles. The summed E-state index contributed by atoms with van der Waals surface area (Å²) in [6.45, 7) is 15.7. The van der Waals surface area contributed by atoms with E-state index < -0.39 is 0 Å². The van der Waals surface area contributed by atoms with E-state index in [-0.39, 0.29) is 31.9 Å². The summed E-state index contributed by atoms with van der Waals surface area (Å²) in [6, 6.07) is 40.5. The van der Waals surface area contributed by atoms with Gasteiger partial charge in [0, 0.05) is 50.6 Å². The van der Waals surface area contributed by atoms with Gasteiger partial charge < -0.3 is 4.57 Å². The zero-order chi connectivity index (χ0) is 30.8. The van der Waals surface area contributed by atoms with E-state index in [4.69, 9.17) is 4.98 Å². The molecular formula is C40H39N4Pt-. The first kappa shape index (κ1) is 31.0. The van der Waals surface area contributed by atoms with Gasteiger partial charge in [-0.25, -0.2) is 14.1 Å². The number of pyridine rings is 1. The Hall–Kier alpha value is -4.01. The number of imidazole rings is 1. The zero-order valence-electron chi connectivity index (χ0n) is 27.0. The molecule has 230 valence electrons. The van der Waals surface area contributed by atoms with Crippen molar-refractivity contribution in [3.63, 3.8) is 0 Å². The number of rotatable bonds is 5. The van der Waals surface area contributed by atoms with Crippen LogP contribution in [-0.2, 0) is 31.9 Å². The first-order chi connectivity index (χ1) is 21.0. The van der Waals surface area contributed by atoms with Gasteiger partial charge in [0.05, 0.1) is 6.04 Å². The SMILES string of the molecule is CC(C)n1[cH+]n(-c2[c-]c(C(C)(C)c3[c-]c4c(cc3)c3ccccc3n4-c3cc(C(C)(C)C)ccn3)ccc2)c2ccccc21.[Pt]. The fraction of sp³-hybridized carbons (Fsp3) is 0.250. The van der Waals surface area contributed by atoms with Gasteiger partial charge in [-0.05, 0) is 66.0 Å². The summed E-state index contributed by atoms with van der Waals surface area (Å²) >= 11 is 0. The van der Waals surface area contributed by atoms with Crippen molar-refractivity contribution < 1.29 is 21.1 Å². The van der Waals surface area contributed by atoms with Gasteiger partial charge >= 0.3 is 0 Å². The van der Waals surface area contributed by atoms with Crippen molar-refractivity contribution in [1.29, 1.82) is 0 Å². The van der Waals surface area contributed by atoms with Crippen LogP contribution in [-0.4, -0.2) is 18.7 Å². The quantitative estimate of drug-likeness (QED) is 0.160. The van der Waals surface area contributed by atoms with Crippen molar-refractivity contribution in [1.82, 2.24) is 18.7 Å². The molecule has 0 aliphatic rings.